The number of hydrogen-bond donors (Lipinski definition) is 0. The SMILES string of the molecule is Cc1ccc(CN(C)C(=O)CCc2cccc(Br)c2)o1. The quantitative estimate of drug-likeness (QED) is 0.829. The number of furan rings is 1. The van der Waals surface area contributed by atoms with Crippen LogP contribution in [0.15, 0.2) is 45.3 Å². The molecule has 0 fully saturated rings. The highest BCUT2D eigenvalue weighted by Gasteiger charge is 2.11. The van der Waals surface area contributed by atoms with Gasteiger partial charge in [0.1, 0.15) is 11.5 Å². The minimum absolute atomic E-state index is 0.124. The Morgan fingerprint density at radius 2 is 2.10 bits per heavy atom. The van der Waals surface area contributed by atoms with E-state index in [1.807, 2.05) is 43.3 Å². The van der Waals surface area contributed by atoms with E-state index in [-0.39, 0.29) is 5.91 Å². The maximum Gasteiger partial charge on any atom is 0.223 e. The first-order chi connectivity index (χ1) is 9.54. The molecule has 4 heteroatoms. The van der Waals surface area contributed by atoms with Crippen LogP contribution in [0.2, 0.25) is 0 Å². The Hall–Kier alpha value is -1.55. The summed E-state index contributed by atoms with van der Waals surface area (Å²) in [5.74, 6) is 1.81. The Balaban J connectivity index is 1.85. The molecule has 3 nitrogen and oxygen atoms in total. The lowest BCUT2D eigenvalue weighted by atomic mass is 10.1. The molecular weight excluding hydrogens is 318 g/mol. The standard InChI is InChI=1S/C16H18BrNO2/c1-12-6-8-15(20-12)11-18(2)16(19)9-7-13-4-3-5-14(17)10-13/h3-6,8,10H,7,9,11H2,1-2H3. The highest BCUT2D eigenvalue weighted by Crippen LogP contribution is 2.14. The zero-order valence-electron chi connectivity index (χ0n) is 11.7. The Morgan fingerprint density at radius 1 is 1.30 bits per heavy atom. The summed E-state index contributed by atoms with van der Waals surface area (Å²) in [5, 5.41) is 0. The summed E-state index contributed by atoms with van der Waals surface area (Å²) in [4.78, 5) is 13.8. The fraction of sp³-hybridized carbons (Fsp3) is 0.312. The minimum Gasteiger partial charge on any atom is -0.464 e. The number of rotatable bonds is 5. The van der Waals surface area contributed by atoms with Crippen LogP contribution in [-0.2, 0) is 17.8 Å². The van der Waals surface area contributed by atoms with Gasteiger partial charge in [0.25, 0.3) is 0 Å². The van der Waals surface area contributed by atoms with Crippen molar-refractivity contribution in [2.75, 3.05) is 7.05 Å². The molecule has 0 bridgehead atoms. The zero-order valence-corrected chi connectivity index (χ0v) is 13.3. The monoisotopic (exact) mass is 335 g/mol. The fourth-order valence-corrected chi connectivity index (χ4v) is 2.47. The average Bonchev–Trinajstić information content (AvgIpc) is 2.81. The number of halogens is 1. The third-order valence-electron chi connectivity index (χ3n) is 3.13. The van der Waals surface area contributed by atoms with Crippen molar-refractivity contribution in [2.45, 2.75) is 26.3 Å². The van der Waals surface area contributed by atoms with E-state index in [1.54, 1.807) is 11.9 Å². The molecule has 1 amide bonds. The van der Waals surface area contributed by atoms with Crippen LogP contribution in [0.25, 0.3) is 0 Å². The molecule has 0 aliphatic heterocycles. The molecule has 1 aromatic carbocycles. The summed E-state index contributed by atoms with van der Waals surface area (Å²) in [7, 11) is 1.81. The van der Waals surface area contributed by atoms with Gasteiger partial charge < -0.3 is 9.32 Å². The second-order valence-corrected chi connectivity index (χ2v) is 5.81. The van der Waals surface area contributed by atoms with Gasteiger partial charge in [-0.1, -0.05) is 28.1 Å². The lowest BCUT2D eigenvalue weighted by Gasteiger charge is -2.15. The number of nitrogens with zero attached hydrogens (tertiary/aromatic N) is 1. The second kappa shape index (κ2) is 6.75. The number of carbonyl (C=O) groups excluding carboxylic acids is 1. The summed E-state index contributed by atoms with van der Waals surface area (Å²) in [5.41, 5.74) is 1.16. The molecule has 0 saturated carbocycles. The molecule has 0 radical (unpaired) electrons. The van der Waals surface area contributed by atoms with Gasteiger partial charge in [-0.25, -0.2) is 0 Å². The predicted molar refractivity (Wildman–Crippen MR) is 82.4 cm³/mol. The summed E-state index contributed by atoms with van der Waals surface area (Å²) in [6, 6.07) is 11.9. The first kappa shape index (κ1) is 14.9. The topological polar surface area (TPSA) is 33.5 Å². The molecule has 0 saturated heterocycles. The third kappa shape index (κ3) is 4.23. The largest absolute Gasteiger partial charge is 0.464 e. The maximum atomic E-state index is 12.1. The van der Waals surface area contributed by atoms with Crippen LogP contribution in [0.4, 0.5) is 0 Å². The van der Waals surface area contributed by atoms with Crippen molar-refractivity contribution >= 4 is 21.8 Å². The molecule has 1 heterocycles. The summed E-state index contributed by atoms with van der Waals surface area (Å²) in [6.07, 6.45) is 1.26. The van der Waals surface area contributed by atoms with Crippen molar-refractivity contribution in [3.05, 3.63) is 58.0 Å². The van der Waals surface area contributed by atoms with Gasteiger partial charge >= 0.3 is 0 Å². The van der Waals surface area contributed by atoms with E-state index < -0.39 is 0 Å². The summed E-state index contributed by atoms with van der Waals surface area (Å²) in [6.45, 7) is 2.42. The molecule has 0 aliphatic rings. The Bertz CT molecular complexity index is 592. The molecule has 20 heavy (non-hydrogen) atoms. The molecule has 1 aromatic heterocycles. The predicted octanol–water partition coefficient (Wildman–Crippen LogP) is 3.94. The van der Waals surface area contributed by atoms with E-state index in [2.05, 4.69) is 15.9 Å². The van der Waals surface area contributed by atoms with E-state index in [4.69, 9.17) is 4.42 Å². The highest BCUT2D eigenvalue weighted by atomic mass is 79.9. The van der Waals surface area contributed by atoms with Crippen molar-refractivity contribution < 1.29 is 9.21 Å². The van der Waals surface area contributed by atoms with Crippen LogP contribution in [0, 0.1) is 6.92 Å². The third-order valence-corrected chi connectivity index (χ3v) is 3.62. The first-order valence-electron chi connectivity index (χ1n) is 6.58. The number of hydrogen-bond acceptors (Lipinski definition) is 2. The number of carbonyl (C=O) groups is 1. The molecule has 0 unspecified atom stereocenters. The van der Waals surface area contributed by atoms with Crippen LogP contribution < -0.4 is 0 Å². The lowest BCUT2D eigenvalue weighted by molar-refractivity contribution is -0.130. The van der Waals surface area contributed by atoms with Crippen molar-refractivity contribution in [3.63, 3.8) is 0 Å². The molecule has 0 atom stereocenters. The van der Waals surface area contributed by atoms with E-state index in [1.165, 1.54) is 0 Å². The van der Waals surface area contributed by atoms with Crippen LogP contribution in [0.3, 0.4) is 0 Å². The van der Waals surface area contributed by atoms with E-state index in [0.717, 1.165) is 28.0 Å². The van der Waals surface area contributed by atoms with Crippen LogP contribution in [0.1, 0.15) is 23.5 Å². The van der Waals surface area contributed by atoms with E-state index >= 15 is 0 Å². The van der Waals surface area contributed by atoms with Crippen LogP contribution in [0.5, 0.6) is 0 Å². The molecule has 0 N–H and O–H groups in total. The number of aryl methyl sites for hydroxylation is 2. The van der Waals surface area contributed by atoms with Gasteiger partial charge in [0.15, 0.2) is 0 Å². The zero-order chi connectivity index (χ0) is 14.5. The van der Waals surface area contributed by atoms with Crippen molar-refractivity contribution in [1.82, 2.24) is 4.90 Å². The highest BCUT2D eigenvalue weighted by molar-refractivity contribution is 9.10. The maximum absolute atomic E-state index is 12.1. The molecule has 0 spiro atoms. The fourth-order valence-electron chi connectivity index (χ4n) is 2.03. The Morgan fingerprint density at radius 3 is 2.75 bits per heavy atom. The molecule has 2 aromatic rings. The van der Waals surface area contributed by atoms with Gasteiger partial charge in [0.2, 0.25) is 5.91 Å². The van der Waals surface area contributed by atoms with Gasteiger partial charge in [-0.3, -0.25) is 4.79 Å². The average molecular weight is 336 g/mol. The van der Waals surface area contributed by atoms with E-state index in [9.17, 15) is 4.79 Å². The first-order valence-corrected chi connectivity index (χ1v) is 7.37. The summed E-state index contributed by atoms with van der Waals surface area (Å²) < 4.78 is 6.53. The Kier molecular flexibility index (Phi) is 5.01. The van der Waals surface area contributed by atoms with Gasteiger partial charge in [-0.05, 0) is 43.2 Å². The van der Waals surface area contributed by atoms with E-state index in [0.29, 0.717) is 13.0 Å². The molecule has 106 valence electrons. The molecular formula is C16H18BrNO2. The van der Waals surface area contributed by atoms with Crippen LogP contribution in [-0.4, -0.2) is 17.9 Å². The van der Waals surface area contributed by atoms with Gasteiger partial charge in [0.05, 0.1) is 6.54 Å². The number of benzene rings is 1. The number of amides is 1. The normalized spacial score (nSPS) is 10.6. The van der Waals surface area contributed by atoms with Gasteiger partial charge in [-0.15, -0.1) is 0 Å². The van der Waals surface area contributed by atoms with Crippen LogP contribution >= 0.6 is 15.9 Å². The van der Waals surface area contributed by atoms with Gasteiger partial charge in [-0.2, -0.15) is 0 Å². The smallest absolute Gasteiger partial charge is 0.223 e. The molecule has 2 rings (SSSR count). The van der Waals surface area contributed by atoms with Crippen molar-refractivity contribution in [3.8, 4) is 0 Å². The van der Waals surface area contributed by atoms with Crippen molar-refractivity contribution in [1.29, 1.82) is 0 Å². The second-order valence-electron chi connectivity index (χ2n) is 4.89. The Labute approximate surface area is 127 Å². The van der Waals surface area contributed by atoms with Gasteiger partial charge in [0, 0.05) is 17.9 Å². The minimum atomic E-state index is 0.124. The summed E-state index contributed by atoms with van der Waals surface area (Å²) >= 11 is 3.44. The molecule has 0 aliphatic carbocycles. The lowest BCUT2D eigenvalue weighted by Crippen LogP contribution is -2.26. The van der Waals surface area contributed by atoms with Crippen molar-refractivity contribution in [2.24, 2.45) is 0 Å².